The number of carbonyl (C=O) groups is 1. The molecule has 2 atom stereocenters. The lowest BCUT2D eigenvalue weighted by atomic mass is 9.91. The molecule has 7 nitrogen and oxygen atoms in total. The van der Waals surface area contributed by atoms with Crippen molar-refractivity contribution in [2.75, 3.05) is 31.6 Å². The van der Waals surface area contributed by atoms with Crippen molar-refractivity contribution >= 4 is 15.7 Å². The molecular formula is C16H25N3O4S. The van der Waals surface area contributed by atoms with Gasteiger partial charge in [-0.05, 0) is 24.0 Å². The maximum absolute atomic E-state index is 12.4. The first-order chi connectivity index (χ1) is 11.2. The molecule has 1 aromatic heterocycles. The Morgan fingerprint density at radius 3 is 2.71 bits per heavy atom. The number of hydrogen-bond acceptors (Lipinski definition) is 5. The van der Waals surface area contributed by atoms with Gasteiger partial charge in [0.1, 0.15) is 15.4 Å². The summed E-state index contributed by atoms with van der Waals surface area (Å²) < 4.78 is 22.7. The summed E-state index contributed by atoms with van der Waals surface area (Å²) in [4.78, 5) is 28.7. The predicted molar refractivity (Wildman–Crippen MR) is 92.8 cm³/mol. The summed E-state index contributed by atoms with van der Waals surface area (Å²) in [5, 5.41) is 2.94. The summed E-state index contributed by atoms with van der Waals surface area (Å²) in [6.45, 7) is 5.96. The van der Waals surface area contributed by atoms with Crippen LogP contribution in [-0.2, 0) is 9.84 Å². The van der Waals surface area contributed by atoms with Crippen molar-refractivity contribution in [3.63, 3.8) is 0 Å². The normalized spacial score (nSPS) is 22.0. The zero-order chi connectivity index (χ0) is 17.9. The van der Waals surface area contributed by atoms with Gasteiger partial charge in [-0.15, -0.1) is 0 Å². The SMILES string of the molecule is CC(C)[C@H]1CN(CCS(C)(=O)=O)C[C@@H]1NC(=O)c1ccc[nH]c1=O. The standard InChI is InChI=1S/C16H25N3O4S/c1-11(2)13-9-19(7-8-24(3,22)23)10-14(13)18-16(21)12-5-4-6-17-15(12)20/h4-6,11,13-14H,7-10H2,1-3H3,(H,17,20)(H,18,21)/t13-,14+/m1/s1. The van der Waals surface area contributed by atoms with E-state index in [4.69, 9.17) is 0 Å². The molecule has 0 bridgehead atoms. The molecule has 1 amide bonds. The van der Waals surface area contributed by atoms with E-state index in [1.165, 1.54) is 18.5 Å². The average molecular weight is 355 g/mol. The second-order valence-electron chi connectivity index (χ2n) is 6.79. The zero-order valence-corrected chi connectivity index (χ0v) is 15.1. The van der Waals surface area contributed by atoms with Crippen LogP contribution in [-0.4, -0.2) is 61.9 Å². The minimum Gasteiger partial charge on any atom is -0.348 e. The van der Waals surface area contributed by atoms with Gasteiger partial charge in [-0.1, -0.05) is 13.8 Å². The van der Waals surface area contributed by atoms with Gasteiger partial charge in [-0.3, -0.25) is 14.5 Å². The molecule has 2 heterocycles. The van der Waals surface area contributed by atoms with Crippen molar-refractivity contribution < 1.29 is 13.2 Å². The fraction of sp³-hybridized carbons (Fsp3) is 0.625. The summed E-state index contributed by atoms with van der Waals surface area (Å²) in [6.07, 6.45) is 2.71. The van der Waals surface area contributed by atoms with Crippen molar-refractivity contribution in [1.29, 1.82) is 0 Å². The highest BCUT2D eigenvalue weighted by Gasteiger charge is 2.36. The molecule has 1 aliphatic heterocycles. The van der Waals surface area contributed by atoms with Crippen LogP contribution in [0.1, 0.15) is 24.2 Å². The van der Waals surface area contributed by atoms with Crippen molar-refractivity contribution in [3.8, 4) is 0 Å². The number of nitrogens with zero attached hydrogens (tertiary/aromatic N) is 1. The summed E-state index contributed by atoms with van der Waals surface area (Å²) in [5.74, 6) is 0.276. The molecule has 1 aliphatic rings. The summed E-state index contributed by atoms with van der Waals surface area (Å²) in [6, 6.07) is 3.01. The van der Waals surface area contributed by atoms with Gasteiger partial charge >= 0.3 is 0 Å². The molecule has 1 saturated heterocycles. The van der Waals surface area contributed by atoms with Gasteiger partial charge in [0.2, 0.25) is 0 Å². The fourth-order valence-electron chi connectivity index (χ4n) is 3.07. The van der Waals surface area contributed by atoms with Gasteiger partial charge in [0.15, 0.2) is 0 Å². The number of H-pyrrole nitrogens is 1. The van der Waals surface area contributed by atoms with Crippen LogP contribution in [0.4, 0.5) is 0 Å². The molecule has 0 aliphatic carbocycles. The van der Waals surface area contributed by atoms with E-state index < -0.39 is 21.3 Å². The van der Waals surface area contributed by atoms with E-state index in [9.17, 15) is 18.0 Å². The Balaban J connectivity index is 2.06. The third-order valence-electron chi connectivity index (χ3n) is 4.45. The Labute approximate surface area is 142 Å². The molecule has 0 radical (unpaired) electrons. The number of carbonyl (C=O) groups excluding carboxylic acids is 1. The number of nitrogens with one attached hydrogen (secondary N) is 2. The Morgan fingerprint density at radius 2 is 2.12 bits per heavy atom. The molecule has 0 spiro atoms. The summed E-state index contributed by atoms with van der Waals surface area (Å²) in [5.41, 5.74) is -0.322. The highest BCUT2D eigenvalue weighted by atomic mass is 32.2. The summed E-state index contributed by atoms with van der Waals surface area (Å²) >= 11 is 0. The highest BCUT2D eigenvalue weighted by molar-refractivity contribution is 7.90. The first-order valence-electron chi connectivity index (χ1n) is 8.06. The minimum atomic E-state index is -3.01. The number of amides is 1. The Kier molecular flexibility index (Phi) is 5.82. The van der Waals surface area contributed by atoms with Crippen LogP contribution >= 0.6 is 0 Å². The molecular weight excluding hydrogens is 330 g/mol. The van der Waals surface area contributed by atoms with E-state index in [-0.39, 0.29) is 23.3 Å². The van der Waals surface area contributed by atoms with Crippen LogP contribution in [0.25, 0.3) is 0 Å². The van der Waals surface area contributed by atoms with E-state index >= 15 is 0 Å². The molecule has 0 saturated carbocycles. The van der Waals surface area contributed by atoms with Crippen LogP contribution in [0.5, 0.6) is 0 Å². The third kappa shape index (κ3) is 4.91. The van der Waals surface area contributed by atoms with Crippen LogP contribution in [0.2, 0.25) is 0 Å². The fourth-order valence-corrected chi connectivity index (χ4v) is 3.66. The lowest BCUT2D eigenvalue weighted by Crippen LogP contribution is -2.43. The topological polar surface area (TPSA) is 99.3 Å². The predicted octanol–water partition coefficient (Wildman–Crippen LogP) is 0.106. The first kappa shape index (κ1) is 18.7. The Bertz CT molecular complexity index is 742. The van der Waals surface area contributed by atoms with Crippen LogP contribution in [0.3, 0.4) is 0 Å². The van der Waals surface area contributed by atoms with E-state index in [0.29, 0.717) is 19.0 Å². The number of aromatic nitrogens is 1. The van der Waals surface area contributed by atoms with Crippen LogP contribution < -0.4 is 10.9 Å². The molecule has 0 unspecified atom stereocenters. The van der Waals surface area contributed by atoms with E-state index in [2.05, 4.69) is 29.0 Å². The zero-order valence-electron chi connectivity index (χ0n) is 14.3. The number of hydrogen-bond donors (Lipinski definition) is 2. The third-order valence-corrected chi connectivity index (χ3v) is 5.38. The second kappa shape index (κ2) is 7.48. The van der Waals surface area contributed by atoms with Crippen LogP contribution in [0, 0.1) is 11.8 Å². The highest BCUT2D eigenvalue weighted by Crippen LogP contribution is 2.24. The smallest absolute Gasteiger partial charge is 0.260 e. The number of likely N-dealkylation sites (tertiary alicyclic amines) is 1. The number of pyridine rings is 1. The number of sulfone groups is 1. The van der Waals surface area contributed by atoms with Gasteiger partial charge in [0.05, 0.1) is 5.75 Å². The molecule has 1 fully saturated rings. The molecule has 24 heavy (non-hydrogen) atoms. The first-order valence-corrected chi connectivity index (χ1v) is 10.1. The van der Waals surface area contributed by atoms with Gasteiger partial charge in [0, 0.05) is 38.1 Å². The molecule has 1 aromatic rings. The summed E-state index contributed by atoms with van der Waals surface area (Å²) in [7, 11) is -3.01. The molecule has 134 valence electrons. The van der Waals surface area contributed by atoms with Crippen molar-refractivity contribution in [3.05, 3.63) is 34.2 Å². The van der Waals surface area contributed by atoms with Crippen molar-refractivity contribution in [1.82, 2.24) is 15.2 Å². The van der Waals surface area contributed by atoms with Crippen molar-refractivity contribution in [2.45, 2.75) is 19.9 Å². The molecule has 2 rings (SSSR count). The second-order valence-corrected chi connectivity index (χ2v) is 9.05. The van der Waals surface area contributed by atoms with Gasteiger partial charge < -0.3 is 10.3 Å². The van der Waals surface area contributed by atoms with E-state index in [1.54, 1.807) is 6.07 Å². The lowest BCUT2D eigenvalue weighted by Gasteiger charge is -2.22. The van der Waals surface area contributed by atoms with Gasteiger partial charge in [-0.25, -0.2) is 8.42 Å². The monoisotopic (exact) mass is 355 g/mol. The van der Waals surface area contributed by atoms with E-state index in [0.717, 1.165) is 6.54 Å². The largest absolute Gasteiger partial charge is 0.348 e. The molecule has 2 N–H and O–H groups in total. The number of aromatic amines is 1. The average Bonchev–Trinajstić information content (AvgIpc) is 2.88. The molecule has 0 aromatic carbocycles. The molecule has 8 heteroatoms. The lowest BCUT2D eigenvalue weighted by molar-refractivity contribution is 0.0923. The quantitative estimate of drug-likeness (QED) is 0.754. The van der Waals surface area contributed by atoms with E-state index in [1.807, 2.05) is 0 Å². The Hall–Kier alpha value is -1.67. The maximum atomic E-state index is 12.4. The van der Waals surface area contributed by atoms with Crippen molar-refractivity contribution in [2.24, 2.45) is 11.8 Å². The van der Waals surface area contributed by atoms with Gasteiger partial charge in [-0.2, -0.15) is 0 Å². The maximum Gasteiger partial charge on any atom is 0.260 e. The number of rotatable bonds is 6. The Morgan fingerprint density at radius 1 is 1.42 bits per heavy atom. The van der Waals surface area contributed by atoms with Gasteiger partial charge in [0.25, 0.3) is 11.5 Å². The van der Waals surface area contributed by atoms with Crippen LogP contribution in [0.15, 0.2) is 23.1 Å². The minimum absolute atomic E-state index is 0.0922.